The third-order valence-corrected chi connectivity index (χ3v) is 11.3. The van der Waals surface area contributed by atoms with Crippen LogP contribution in [0.5, 0.6) is 0 Å². The van der Waals surface area contributed by atoms with Crippen LogP contribution < -0.4 is 21.6 Å². The molecule has 12 heteroatoms. The van der Waals surface area contributed by atoms with Gasteiger partial charge in [-0.15, -0.1) is 16.9 Å². The second-order valence-electron chi connectivity index (χ2n) is 13.6. The Balaban J connectivity index is 1.27. The molecule has 0 bridgehead atoms. The Morgan fingerprint density at radius 2 is 1.78 bits per heavy atom. The fourth-order valence-electron chi connectivity index (χ4n) is 6.61. The Hall–Kier alpha value is -3.75. The third-order valence-electron chi connectivity index (χ3n) is 9.40. The Kier molecular flexibility index (Phi) is 9.31. The zero-order valence-electron chi connectivity index (χ0n) is 27.7. The lowest BCUT2D eigenvalue weighted by molar-refractivity contribution is 0.0570. The lowest BCUT2D eigenvalue weighted by atomic mass is 9.97. The van der Waals surface area contributed by atoms with Gasteiger partial charge in [0.05, 0.1) is 33.5 Å². The van der Waals surface area contributed by atoms with Crippen LogP contribution in [0.15, 0.2) is 72.0 Å². The van der Waals surface area contributed by atoms with E-state index in [1.54, 1.807) is 17.5 Å². The maximum atomic E-state index is 10.1. The summed E-state index contributed by atoms with van der Waals surface area (Å²) >= 11 is 21.6. The van der Waals surface area contributed by atoms with Crippen LogP contribution in [0.3, 0.4) is 0 Å². The first-order valence-electron chi connectivity index (χ1n) is 16.2. The molecule has 252 valence electrons. The van der Waals surface area contributed by atoms with Crippen LogP contribution in [-0.2, 0) is 0 Å². The highest BCUT2D eigenvalue weighted by Gasteiger charge is 2.32. The van der Waals surface area contributed by atoms with Gasteiger partial charge in [-0.2, -0.15) is 5.26 Å². The molecule has 0 aliphatic carbocycles. The number of anilines is 3. The highest BCUT2D eigenvalue weighted by molar-refractivity contribution is 7.17. The molecule has 4 heterocycles. The van der Waals surface area contributed by atoms with Crippen molar-refractivity contribution in [1.29, 1.82) is 5.26 Å². The molecule has 2 aliphatic heterocycles. The summed E-state index contributed by atoms with van der Waals surface area (Å²) in [6.07, 6.45) is 5.83. The van der Waals surface area contributed by atoms with Gasteiger partial charge in [0.2, 0.25) is 0 Å². The number of aromatic nitrogens is 1. The molecule has 0 spiro atoms. The molecule has 4 N–H and O–H groups in total. The van der Waals surface area contributed by atoms with Gasteiger partial charge in [-0.1, -0.05) is 40.9 Å². The number of likely N-dealkylation sites (tertiary alicyclic amines) is 1. The minimum atomic E-state index is -0.285. The molecule has 0 unspecified atom stereocenters. The van der Waals surface area contributed by atoms with E-state index in [2.05, 4.69) is 81.0 Å². The second-order valence-corrected chi connectivity index (χ2v) is 15.8. The van der Waals surface area contributed by atoms with Crippen molar-refractivity contribution in [2.75, 3.05) is 23.7 Å². The summed E-state index contributed by atoms with van der Waals surface area (Å²) in [7, 11) is 0. The molecule has 0 radical (unpaired) electrons. The molecule has 7 rings (SSSR count). The standard InChI is InChI=1S/C37H37Cl3N8S/c1-21-5-7-24(15-30(21)39)43-34-22(17-41)18-42-35-28(34)14-25(16-31(35)40)44-36(29-20-49-33-8-6-23(38)13-27(29)33)32-19-48(46-45-32)26-9-11-47(12-10-26)37(2,3)4/h5-8,13-16,18-20,26,36,44-46H,9-12H2,1-4H3,(H,42,43)/t36-/m0/s1. The minimum absolute atomic E-state index is 0.159. The Bertz CT molecular complexity index is 2120. The monoisotopic (exact) mass is 730 g/mol. The summed E-state index contributed by atoms with van der Waals surface area (Å²) in [5, 5.41) is 25.2. The molecule has 1 saturated heterocycles. The van der Waals surface area contributed by atoms with Gasteiger partial charge in [0.25, 0.3) is 0 Å². The van der Waals surface area contributed by atoms with Crippen LogP contribution in [0.25, 0.3) is 21.0 Å². The van der Waals surface area contributed by atoms with Crippen molar-refractivity contribution in [3.63, 3.8) is 0 Å². The highest BCUT2D eigenvalue weighted by atomic mass is 35.5. The first-order valence-corrected chi connectivity index (χ1v) is 18.3. The number of nitrogens with one attached hydrogen (secondary N) is 4. The summed E-state index contributed by atoms with van der Waals surface area (Å²) in [6, 6.07) is 18.0. The van der Waals surface area contributed by atoms with Crippen LogP contribution in [0.4, 0.5) is 17.1 Å². The first-order chi connectivity index (χ1) is 23.5. The van der Waals surface area contributed by atoms with Gasteiger partial charge in [0, 0.05) is 68.6 Å². The van der Waals surface area contributed by atoms with E-state index < -0.39 is 0 Å². The van der Waals surface area contributed by atoms with E-state index in [1.807, 2.05) is 49.4 Å². The Morgan fingerprint density at radius 1 is 1.00 bits per heavy atom. The maximum Gasteiger partial charge on any atom is 0.103 e. The SMILES string of the molecule is Cc1ccc(Nc2c(C#N)cnc3c(Cl)cc(N[C@H](C4=CN(C5CCN(C(C)(C)C)CC5)NN4)c4csc5ccc(Cl)cc45)cc23)cc1Cl. The molecular formula is C37H37Cl3N8S. The molecule has 1 fully saturated rings. The Morgan fingerprint density at radius 3 is 2.51 bits per heavy atom. The molecule has 1 atom stereocenters. The fourth-order valence-corrected chi connectivity index (χ4v) is 8.20. The molecule has 0 amide bonds. The van der Waals surface area contributed by atoms with E-state index in [1.165, 1.54) is 0 Å². The normalized spacial score (nSPS) is 16.4. The number of halogens is 3. The smallest absolute Gasteiger partial charge is 0.103 e. The average molecular weight is 732 g/mol. The third kappa shape index (κ3) is 6.87. The number of benzene rings is 3. The number of piperidine rings is 1. The highest BCUT2D eigenvalue weighted by Crippen LogP contribution is 2.40. The van der Waals surface area contributed by atoms with Crippen molar-refractivity contribution in [1.82, 2.24) is 25.9 Å². The van der Waals surface area contributed by atoms with Gasteiger partial charge in [-0.05, 0) is 105 Å². The number of aryl methyl sites for hydroxylation is 1. The van der Waals surface area contributed by atoms with E-state index in [-0.39, 0.29) is 11.6 Å². The van der Waals surface area contributed by atoms with Crippen LogP contribution in [0.2, 0.25) is 15.1 Å². The minimum Gasteiger partial charge on any atom is -0.373 e. The topological polar surface area (TPSA) is 91.3 Å². The average Bonchev–Trinajstić information content (AvgIpc) is 3.73. The summed E-state index contributed by atoms with van der Waals surface area (Å²) in [5.41, 5.74) is 13.2. The number of hydrogen-bond acceptors (Lipinski definition) is 9. The zero-order valence-corrected chi connectivity index (χ0v) is 30.7. The van der Waals surface area contributed by atoms with Gasteiger partial charge in [-0.3, -0.25) is 14.9 Å². The van der Waals surface area contributed by atoms with E-state index in [0.29, 0.717) is 43.3 Å². The van der Waals surface area contributed by atoms with Crippen molar-refractivity contribution < 1.29 is 0 Å². The van der Waals surface area contributed by atoms with Gasteiger partial charge < -0.3 is 16.1 Å². The summed E-state index contributed by atoms with van der Waals surface area (Å²) < 4.78 is 1.15. The van der Waals surface area contributed by atoms with Crippen LogP contribution in [0.1, 0.15) is 56.3 Å². The van der Waals surface area contributed by atoms with E-state index in [4.69, 9.17) is 34.8 Å². The first kappa shape index (κ1) is 33.7. The number of hydrazine groups is 2. The van der Waals surface area contributed by atoms with Crippen LogP contribution >= 0.6 is 46.1 Å². The van der Waals surface area contributed by atoms with E-state index in [9.17, 15) is 5.26 Å². The van der Waals surface area contributed by atoms with Crippen molar-refractivity contribution in [3.05, 3.63) is 104 Å². The Labute approximate surface area is 305 Å². The van der Waals surface area contributed by atoms with Gasteiger partial charge in [-0.25, -0.2) is 0 Å². The van der Waals surface area contributed by atoms with Crippen molar-refractivity contribution in [2.24, 2.45) is 0 Å². The number of nitrogens with zero attached hydrogens (tertiary/aromatic N) is 4. The van der Waals surface area contributed by atoms with Crippen LogP contribution in [0, 0.1) is 18.3 Å². The summed E-state index contributed by atoms with van der Waals surface area (Å²) in [4.78, 5) is 7.11. The van der Waals surface area contributed by atoms with Gasteiger partial charge in [0.1, 0.15) is 6.07 Å². The summed E-state index contributed by atoms with van der Waals surface area (Å²) in [6.45, 7) is 10.9. The van der Waals surface area contributed by atoms with E-state index in [0.717, 1.165) is 64.2 Å². The molecule has 3 aromatic carbocycles. The zero-order chi connectivity index (χ0) is 34.4. The predicted octanol–water partition coefficient (Wildman–Crippen LogP) is 9.92. The van der Waals surface area contributed by atoms with Gasteiger partial charge >= 0.3 is 0 Å². The van der Waals surface area contributed by atoms with Gasteiger partial charge in [0.15, 0.2) is 0 Å². The molecular weight excluding hydrogens is 695 g/mol. The maximum absolute atomic E-state index is 10.1. The number of pyridine rings is 1. The van der Waals surface area contributed by atoms with Crippen molar-refractivity contribution >= 4 is 84.2 Å². The number of nitriles is 1. The van der Waals surface area contributed by atoms with E-state index >= 15 is 0 Å². The lowest BCUT2D eigenvalue weighted by Crippen LogP contribution is -2.52. The van der Waals surface area contributed by atoms with Crippen LogP contribution in [-0.4, -0.2) is 39.6 Å². The number of fused-ring (bicyclic) bond motifs is 2. The summed E-state index contributed by atoms with van der Waals surface area (Å²) in [5.74, 6) is 0. The molecule has 5 aromatic rings. The molecule has 2 aliphatic rings. The molecule has 0 saturated carbocycles. The second kappa shape index (κ2) is 13.5. The van der Waals surface area contributed by atoms with Crippen molar-refractivity contribution in [3.8, 4) is 6.07 Å². The number of hydrogen-bond donors (Lipinski definition) is 4. The fraction of sp³-hybridized carbons (Fsp3) is 0.297. The largest absolute Gasteiger partial charge is 0.373 e. The molecule has 49 heavy (non-hydrogen) atoms. The lowest BCUT2D eigenvalue weighted by Gasteiger charge is -2.42. The van der Waals surface area contributed by atoms with Crippen molar-refractivity contribution in [2.45, 2.75) is 58.2 Å². The molecule has 2 aromatic heterocycles. The quantitative estimate of drug-likeness (QED) is 0.132. The number of thiophene rings is 1. The molecule has 8 nitrogen and oxygen atoms in total. The predicted molar refractivity (Wildman–Crippen MR) is 205 cm³/mol. The number of rotatable bonds is 7.